The molecule has 0 nitrogen and oxygen atoms in total. The molecule has 21 heavy (non-hydrogen) atoms. The molecule has 0 fully saturated rings. The SMILES string of the molecule is CCCCC/C=C/C/C=C/CCCCCCCC(C)(C)C. The number of unbranched alkanes of at least 4 members (excludes halogenated alkanes) is 8. The molecule has 0 spiro atoms. The highest BCUT2D eigenvalue weighted by Crippen LogP contribution is 2.22. The van der Waals surface area contributed by atoms with E-state index in [1.54, 1.807) is 0 Å². The van der Waals surface area contributed by atoms with Crippen LogP contribution in [0.15, 0.2) is 24.3 Å². The van der Waals surface area contributed by atoms with Gasteiger partial charge in [-0.2, -0.15) is 0 Å². The molecule has 0 unspecified atom stereocenters. The molecule has 0 amide bonds. The Bertz CT molecular complexity index is 252. The zero-order valence-electron chi connectivity index (χ0n) is 15.3. The summed E-state index contributed by atoms with van der Waals surface area (Å²) < 4.78 is 0. The normalized spacial score (nSPS) is 12.8. The van der Waals surface area contributed by atoms with Crippen LogP contribution >= 0.6 is 0 Å². The fourth-order valence-electron chi connectivity index (χ4n) is 2.47. The molecule has 0 aromatic carbocycles. The van der Waals surface area contributed by atoms with E-state index in [4.69, 9.17) is 0 Å². The Morgan fingerprint density at radius 1 is 0.619 bits per heavy atom. The van der Waals surface area contributed by atoms with Crippen LogP contribution < -0.4 is 0 Å². The molecule has 0 saturated heterocycles. The fourth-order valence-corrected chi connectivity index (χ4v) is 2.47. The van der Waals surface area contributed by atoms with Crippen LogP contribution in [-0.2, 0) is 0 Å². The topological polar surface area (TPSA) is 0 Å². The standard InChI is InChI=1S/C21H40/c1-5-6-7-8-9-10-11-12-13-14-15-16-17-18-19-20-21(2,3)4/h9-10,12-13H,5-8,11,14-20H2,1-4H3/b10-9+,13-12+. The summed E-state index contributed by atoms with van der Waals surface area (Å²) in [7, 11) is 0. The van der Waals surface area contributed by atoms with Crippen LogP contribution in [0.4, 0.5) is 0 Å². The first-order chi connectivity index (χ1) is 10.1. The lowest BCUT2D eigenvalue weighted by molar-refractivity contribution is 0.356. The summed E-state index contributed by atoms with van der Waals surface area (Å²) in [6.45, 7) is 9.29. The van der Waals surface area contributed by atoms with Gasteiger partial charge in [0.25, 0.3) is 0 Å². The van der Waals surface area contributed by atoms with Gasteiger partial charge in [0.05, 0.1) is 0 Å². The van der Waals surface area contributed by atoms with E-state index in [-0.39, 0.29) is 0 Å². The third-order valence-corrected chi connectivity index (χ3v) is 3.88. The maximum absolute atomic E-state index is 2.37. The van der Waals surface area contributed by atoms with Crippen molar-refractivity contribution >= 4 is 0 Å². The molecule has 0 heterocycles. The Hall–Kier alpha value is -0.520. The van der Waals surface area contributed by atoms with E-state index >= 15 is 0 Å². The van der Waals surface area contributed by atoms with Crippen LogP contribution in [0.1, 0.15) is 105 Å². The first kappa shape index (κ1) is 20.5. The van der Waals surface area contributed by atoms with Crippen LogP contribution in [0.2, 0.25) is 0 Å². The van der Waals surface area contributed by atoms with Crippen LogP contribution in [0.25, 0.3) is 0 Å². The molecule has 0 rings (SSSR count). The molecule has 0 radical (unpaired) electrons. The lowest BCUT2D eigenvalue weighted by Gasteiger charge is -2.17. The number of hydrogen-bond acceptors (Lipinski definition) is 0. The van der Waals surface area contributed by atoms with Gasteiger partial charge in [-0.15, -0.1) is 0 Å². The summed E-state index contributed by atoms with van der Waals surface area (Å²) in [6, 6.07) is 0. The highest BCUT2D eigenvalue weighted by atomic mass is 14.1. The predicted octanol–water partition coefficient (Wildman–Crippen LogP) is 7.85. The van der Waals surface area contributed by atoms with E-state index in [0.717, 1.165) is 6.42 Å². The van der Waals surface area contributed by atoms with E-state index in [0.29, 0.717) is 5.41 Å². The first-order valence-electron chi connectivity index (χ1n) is 9.36. The van der Waals surface area contributed by atoms with Crippen molar-refractivity contribution in [3.05, 3.63) is 24.3 Å². The molecule has 0 aromatic heterocycles. The highest BCUT2D eigenvalue weighted by Gasteiger charge is 2.08. The zero-order chi connectivity index (χ0) is 15.8. The third-order valence-electron chi connectivity index (χ3n) is 3.88. The predicted molar refractivity (Wildman–Crippen MR) is 98.8 cm³/mol. The number of hydrogen-bond donors (Lipinski definition) is 0. The quantitative estimate of drug-likeness (QED) is 0.239. The van der Waals surface area contributed by atoms with Crippen LogP contribution in [0.5, 0.6) is 0 Å². The van der Waals surface area contributed by atoms with Crippen molar-refractivity contribution in [1.82, 2.24) is 0 Å². The average molecular weight is 293 g/mol. The fraction of sp³-hybridized carbons (Fsp3) is 0.810. The van der Waals surface area contributed by atoms with Gasteiger partial charge in [-0.25, -0.2) is 0 Å². The molecule has 0 bridgehead atoms. The second-order valence-corrected chi connectivity index (χ2v) is 7.54. The van der Waals surface area contributed by atoms with Gasteiger partial charge in [0.15, 0.2) is 0 Å². The summed E-state index contributed by atoms with van der Waals surface area (Å²) in [4.78, 5) is 0. The molecule has 0 aliphatic heterocycles. The number of allylic oxidation sites excluding steroid dienone is 4. The minimum absolute atomic E-state index is 0.521. The minimum Gasteiger partial charge on any atom is -0.0882 e. The van der Waals surface area contributed by atoms with E-state index in [2.05, 4.69) is 52.0 Å². The highest BCUT2D eigenvalue weighted by molar-refractivity contribution is 4.92. The Balaban J connectivity index is 3.22. The van der Waals surface area contributed by atoms with E-state index in [1.807, 2.05) is 0 Å². The second kappa shape index (κ2) is 14.4. The summed E-state index contributed by atoms with van der Waals surface area (Å²) in [6.07, 6.45) is 25.4. The molecule has 0 saturated carbocycles. The maximum Gasteiger partial charge on any atom is -0.0169 e. The van der Waals surface area contributed by atoms with Gasteiger partial charge in [0.2, 0.25) is 0 Å². The van der Waals surface area contributed by atoms with Crippen molar-refractivity contribution in [2.24, 2.45) is 5.41 Å². The van der Waals surface area contributed by atoms with Gasteiger partial charge in [-0.3, -0.25) is 0 Å². The molecule has 0 heteroatoms. The molecule has 0 aliphatic rings. The van der Waals surface area contributed by atoms with Crippen molar-refractivity contribution in [1.29, 1.82) is 0 Å². The van der Waals surface area contributed by atoms with Gasteiger partial charge >= 0.3 is 0 Å². The smallest absolute Gasteiger partial charge is 0.0169 e. The van der Waals surface area contributed by atoms with E-state index in [1.165, 1.54) is 70.6 Å². The molecule has 0 N–H and O–H groups in total. The third kappa shape index (κ3) is 19.5. The Labute approximate surface area is 135 Å². The van der Waals surface area contributed by atoms with Crippen molar-refractivity contribution in [2.45, 2.75) is 105 Å². The van der Waals surface area contributed by atoms with Gasteiger partial charge in [-0.05, 0) is 43.9 Å². The average Bonchev–Trinajstić information content (AvgIpc) is 2.42. The van der Waals surface area contributed by atoms with Gasteiger partial charge in [-0.1, -0.05) is 90.5 Å². The monoisotopic (exact) mass is 292 g/mol. The summed E-state index contributed by atoms with van der Waals surface area (Å²) in [5.41, 5.74) is 0.521. The molecular weight excluding hydrogens is 252 g/mol. The van der Waals surface area contributed by atoms with Crippen LogP contribution in [0.3, 0.4) is 0 Å². The minimum atomic E-state index is 0.521. The molecule has 124 valence electrons. The number of rotatable bonds is 13. The molecule has 0 aromatic rings. The Morgan fingerprint density at radius 2 is 1.14 bits per heavy atom. The van der Waals surface area contributed by atoms with Crippen LogP contribution in [0, 0.1) is 5.41 Å². The molecule has 0 aliphatic carbocycles. The van der Waals surface area contributed by atoms with E-state index < -0.39 is 0 Å². The summed E-state index contributed by atoms with van der Waals surface area (Å²) in [5.74, 6) is 0. The van der Waals surface area contributed by atoms with Crippen molar-refractivity contribution < 1.29 is 0 Å². The van der Waals surface area contributed by atoms with Crippen molar-refractivity contribution in [3.8, 4) is 0 Å². The molecule has 0 atom stereocenters. The van der Waals surface area contributed by atoms with Crippen molar-refractivity contribution in [2.75, 3.05) is 0 Å². The van der Waals surface area contributed by atoms with Gasteiger partial charge in [0, 0.05) is 0 Å². The largest absolute Gasteiger partial charge is 0.0882 e. The van der Waals surface area contributed by atoms with Crippen molar-refractivity contribution in [3.63, 3.8) is 0 Å². The Kier molecular flexibility index (Phi) is 14.1. The van der Waals surface area contributed by atoms with Crippen LogP contribution in [-0.4, -0.2) is 0 Å². The summed E-state index contributed by atoms with van der Waals surface area (Å²) in [5, 5.41) is 0. The van der Waals surface area contributed by atoms with Gasteiger partial charge in [0.1, 0.15) is 0 Å². The van der Waals surface area contributed by atoms with E-state index in [9.17, 15) is 0 Å². The molecular formula is C21H40. The Morgan fingerprint density at radius 3 is 1.71 bits per heavy atom. The lowest BCUT2D eigenvalue weighted by Crippen LogP contribution is -2.03. The van der Waals surface area contributed by atoms with Gasteiger partial charge < -0.3 is 0 Å². The summed E-state index contributed by atoms with van der Waals surface area (Å²) >= 11 is 0. The first-order valence-corrected chi connectivity index (χ1v) is 9.36. The zero-order valence-corrected chi connectivity index (χ0v) is 15.3. The lowest BCUT2D eigenvalue weighted by atomic mass is 9.89. The maximum atomic E-state index is 2.37. The second-order valence-electron chi connectivity index (χ2n) is 7.54.